The quantitative estimate of drug-likeness (QED) is 0.927. The van der Waals surface area contributed by atoms with Crippen LogP contribution in [0.15, 0.2) is 24.4 Å². The van der Waals surface area contributed by atoms with Gasteiger partial charge >= 0.3 is 5.97 Å². The van der Waals surface area contributed by atoms with Crippen LogP contribution in [0, 0.1) is 13.8 Å². The molecule has 1 aromatic carbocycles. The molecule has 4 nitrogen and oxygen atoms in total. The van der Waals surface area contributed by atoms with Gasteiger partial charge in [-0.3, -0.25) is 4.79 Å². The van der Waals surface area contributed by atoms with E-state index in [1.165, 1.54) is 0 Å². The van der Waals surface area contributed by atoms with Gasteiger partial charge in [-0.2, -0.15) is 5.10 Å². The molecule has 2 rings (SSSR count). The van der Waals surface area contributed by atoms with E-state index in [0.717, 1.165) is 22.5 Å². The summed E-state index contributed by atoms with van der Waals surface area (Å²) in [4.78, 5) is 10.7. The van der Waals surface area contributed by atoms with Crippen molar-refractivity contribution in [2.75, 3.05) is 0 Å². The second-order valence-corrected chi connectivity index (χ2v) is 4.62. The number of aliphatic carboxylic acids is 1. The fraction of sp³-hybridized carbons (Fsp3) is 0.231. The van der Waals surface area contributed by atoms with Gasteiger partial charge in [0.15, 0.2) is 0 Å². The first-order valence-corrected chi connectivity index (χ1v) is 5.88. The number of carbonyl (C=O) groups is 1. The minimum atomic E-state index is -0.856. The van der Waals surface area contributed by atoms with Crippen LogP contribution < -0.4 is 0 Å². The Hall–Kier alpha value is -1.81. The molecular weight excluding hydrogens is 252 g/mol. The summed E-state index contributed by atoms with van der Waals surface area (Å²) < 4.78 is 1.69. The number of aromatic nitrogens is 2. The van der Waals surface area contributed by atoms with Crippen LogP contribution in [0.3, 0.4) is 0 Å². The largest absolute Gasteiger partial charge is 0.481 e. The predicted octanol–water partition coefficient (Wildman–Crippen LogP) is 2.77. The number of halogens is 1. The lowest BCUT2D eigenvalue weighted by Crippen LogP contribution is -2.00. The third-order valence-electron chi connectivity index (χ3n) is 2.75. The topological polar surface area (TPSA) is 55.1 Å². The first-order valence-electron chi connectivity index (χ1n) is 5.51. The summed E-state index contributed by atoms with van der Waals surface area (Å²) in [5.74, 6) is -0.856. The highest BCUT2D eigenvalue weighted by molar-refractivity contribution is 6.30. The van der Waals surface area contributed by atoms with Crippen molar-refractivity contribution in [2.24, 2.45) is 0 Å². The average Bonchev–Trinajstić information content (AvgIpc) is 2.59. The zero-order valence-electron chi connectivity index (χ0n) is 10.1. The number of carboxylic acid groups (broad SMARTS) is 1. The highest BCUT2D eigenvalue weighted by Gasteiger charge is 2.11. The van der Waals surface area contributed by atoms with Gasteiger partial charge in [0.05, 0.1) is 17.8 Å². The van der Waals surface area contributed by atoms with Crippen molar-refractivity contribution in [3.8, 4) is 5.69 Å². The van der Waals surface area contributed by atoms with E-state index in [1.807, 2.05) is 19.1 Å². The summed E-state index contributed by atoms with van der Waals surface area (Å²) >= 11 is 5.90. The first-order chi connectivity index (χ1) is 8.47. The zero-order valence-corrected chi connectivity index (χ0v) is 10.9. The van der Waals surface area contributed by atoms with Gasteiger partial charge in [-0.15, -0.1) is 0 Å². The van der Waals surface area contributed by atoms with E-state index in [0.29, 0.717) is 5.02 Å². The Kier molecular flexibility index (Phi) is 3.39. The fourth-order valence-electron chi connectivity index (χ4n) is 1.83. The lowest BCUT2D eigenvalue weighted by atomic mass is 10.2. The standard InChI is InChI=1S/C13H13ClN2O2/c1-8-5-11(14)3-4-12(8)16-7-10(6-13(17)18)9(2)15-16/h3-5,7H,6H2,1-2H3,(H,17,18). The van der Waals surface area contributed by atoms with Crippen LogP contribution in [0.2, 0.25) is 5.02 Å². The maximum Gasteiger partial charge on any atom is 0.307 e. The predicted molar refractivity (Wildman–Crippen MR) is 69.4 cm³/mol. The van der Waals surface area contributed by atoms with Crippen LogP contribution in [0.1, 0.15) is 16.8 Å². The van der Waals surface area contributed by atoms with Crippen molar-refractivity contribution in [3.05, 3.63) is 46.2 Å². The molecule has 18 heavy (non-hydrogen) atoms. The number of hydrogen-bond acceptors (Lipinski definition) is 2. The van der Waals surface area contributed by atoms with E-state index in [9.17, 15) is 4.79 Å². The molecule has 5 heteroatoms. The molecule has 0 aliphatic carbocycles. The minimum Gasteiger partial charge on any atom is -0.481 e. The first kappa shape index (κ1) is 12.6. The Labute approximate surface area is 110 Å². The molecule has 0 saturated carbocycles. The van der Waals surface area contributed by atoms with Crippen molar-refractivity contribution in [1.29, 1.82) is 0 Å². The van der Waals surface area contributed by atoms with Gasteiger partial charge in [0, 0.05) is 16.8 Å². The van der Waals surface area contributed by atoms with E-state index >= 15 is 0 Å². The van der Waals surface area contributed by atoms with E-state index in [2.05, 4.69) is 5.10 Å². The highest BCUT2D eigenvalue weighted by atomic mass is 35.5. The molecule has 0 radical (unpaired) electrons. The second-order valence-electron chi connectivity index (χ2n) is 4.19. The number of nitrogens with zero attached hydrogens (tertiary/aromatic N) is 2. The van der Waals surface area contributed by atoms with Crippen molar-refractivity contribution in [3.63, 3.8) is 0 Å². The molecule has 2 aromatic rings. The van der Waals surface area contributed by atoms with E-state index in [-0.39, 0.29) is 6.42 Å². The Bertz CT molecular complexity index is 605. The second kappa shape index (κ2) is 4.82. The Morgan fingerprint density at radius 1 is 1.44 bits per heavy atom. The van der Waals surface area contributed by atoms with Crippen molar-refractivity contribution in [2.45, 2.75) is 20.3 Å². The SMILES string of the molecule is Cc1cc(Cl)ccc1-n1cc(CC(=O)O)c(C)n1. The molecule has 0 amide bonds. The summed E-state index contributed by atoms with van der Waals surface area (Å²) in [6.45, 7) is 3.75. The number of aryl methyl sites for hydroxylation is 2. The number of hydrogen-bond donors (Lipinski definition) is 1. The van der Waals surface area contributed by atoms with Gasteiger partial charge in [-0.1, -0.05) is 11.6 Å². The monoisotopic (exact) mass is 264 g/mol. The molecular formula is C13H13ClN2O2. The van der Waals surface area contributed by atoms with E-state index in [4.69, 9.17) is 16.7 Å². The Morgan fingerprint density at radius 2 is 2.17 bits per heavy atom. The minimum absolute atomic E-state index is 0.0154. The summed E-state index contributed by atoms with van der Waals surface area (Å²) in [7, 11) is 0. The molecule has 0 spiro atoms. The maximum absolute atomic E-state index is 10.7. The molecule has 0 atom stereocenters. The van der Waals surface area contributed by atoms with Gasteiger partial charge < -0.3 is 5.11 Å². The average molecular weight is 265 g/mol. The van der Waals surface area contributed by atoms with Crippen LogP contribution in [0.5, 0.6) is 0 Å². The van der Waals surface area contributed by atoms with Gasteiger partial charge in [-0.05, 0) is 37.6 Å². The molecule has 1 heterocycles. The molecule has 0 aliphatic rings. The fourth-order valence-corrected chi connectivity index (χ4v) is 2.06. The van der Waals surface area contributed by atoms with Gasteiger partial charge in [0.25, 0.3) is 0 Å². The summed E-state index contributed by atoms with van der Waals surface area (Å²) in [6.07, 6.45) is 1.73. The van der Waals surface area contributed by atoms with Crippen LogP contribution in [0.25, 0.3) is 5.69 Å². The third-order valence-corrected chi connectivity index (χ3v) is 2.98. The van der Waals surface area contributed by atoms with Crippen molar-refractivity contribution in [1.82, 2.24) is 9.78 Å². The number of carboxylic acids is 1. The normalized spacial score (nSPS) is 10.6. The summed E-state index contributed by atoms with van der Waals surface area (Å²) in [5, 5.41) is 13.8. The Morgan fingerprint density at radius 3 is 2.78 bits per heavy atom. The molecule has 0 unspecified atom stereocenters. The maximum atomic E-state index is 10.7. The van der Waals surface area contributed by atoms with Crippen LogP contribution in [0.4, 0.5) is 0 Å². The van der Waals surface area contributed by atoms with Gasteiger partial charge in [0.2, 0.25) is 0 Å². The molecule has 0 saturated heterocycles. The van der Waals surface area contributed by atoms with Crippen LogP contribution in [-0.2, 0) is 11.2 Å². The van der Waals surface area contributed by atoms with Crippen LogP contribution >= 0.6 is 11.6 Å². The third kappa shape index (κ3) is 2.54. The molecule has 0 bridgehead atoms. The number of benzene rings is 1. The smallest absolute Gasteiger partial charge is 0.307 e. The van der Waals surface area contributed by atoms with Gasteiger partial charge in [-0.25, -0.2) is 4.68 Å². The lowest BCUT2D eigenvalue weighted by molar-refractivity contribution is -0.136. The summed E-state index contributed by atoms with van der Waals surface area (Å²) in [6, 6.07) is 5.51. The molecule has 0 fully saturated rings. The van der Waals surface area contributed by atoms with Crippen molar-refractivity contribution < 1.29 is 9.90 Å². The van der Waals surface area contributed by atoms with E-state index in [1.54, 1.807) is 23.9 Å². The molecule has 94 valence electrons. The van der Waals surface area contributed by atoms with E-state index < -0.39 is 5.97 Å². The number of rotatable bonds is 3. The molecule has 1 N–H and O–H groups in total. The summed E-state index contributed by atoms with van der Waals surface area (Å²) in [5.41, 5.74) is 3.34. The molecule has 1 aromatic heterocycles. The Balaban J connectivity index is 2.42. The van der Waals surface area contributed by atoms with Gasteiger partial charge in [0.1, 0.15) is 0 Å². The molecule has 0 aliphatic heterocycles. The highest BCUT2D eigenvalue weighted by Crippen LogP contribution is 2.20. The lowest BCUT2D eigenvalue weighted by Gasteiger charge is -2.05. The zero-order chi connectivity index (χ0) is 13.3. The van der Waals surface area contributed by atoms with Crippen LogP contribution in [-0.4, -0.2) is 20.9 Å². The van der Waals surface area contributed by atoms with Crippen molar-refractivity contribution >= 4 is 17.6 Å².